The molecule has 0 aliphatic heterocycles. The first kappa shape index (κ1) is 28.2. The van der Waals surface area contributed by atoms with E-state index in [1.807, 2.05) is 12.1 Å². The fourth-order valence-corrected chi connectivity index (χ4v) is 4.27. The molecule has 2 aromatic carbocycles. The second-order valence-electron chi connectivity index (χ2n) is 10.6. The van der Waals surface area contributed by atoms with E-state index in [-0.39, 0.29) is 18.9 Å². The van der Waals surface area contributed by atoms with Gasteiger partial charge in [0.1, 0.15) is 18.0 Å². The van der Waals surface area contributed by atoms with Crippen molar-refractivity contribution >= 4 is 28.9 Å². The van der Waals surface area contributed by atoms with E-state index in [1.165, 1.54) is 44.1 Å². The quantitative estimate of drug-likeness (QED) is 0.134. The summed E-state index contributed by atoms with van der Waals surface area (Å²) in [4.78, 5) is 36.8. The maximum Gasteiger partial charge on any atom is 0.338 e. The van der Waals surface area contributed by atoms with Gasteiger partial charge in [0.25, 0.3) is 0 Å². The van der Waals surface area contributed by atoms with Crippen LogP contribution in [0.2, 0.25) is 0 Å². The number of aromatic nitrogens is 1. The van der Waals surface area contributed by atoms with E-state index in [0.29, 0.717) is 27.8 Å². The molecule has 0 aliphatic carbocycles. The Kier molecular flexibility index (Phi) is 10.1. The van der Waals surface area contributed by atoms with E-state index in [0.717, 1.165) is 12.7 Å². The molecule has 6 heteroatoms. The van der Waals surface area contributed by atoms with Gasteiger partial charge in [-0.1, -0.05) is 51.2 Å². The number of Topliss-reactive ketones (excluding diaryl/α,β-unsaturated/α-hetero) is 1. The first-order valence-corrected chi connectivity index (χ1v) is 13.2. The minimum atomic E-state index is -0.619. The molecule has 198 valence electrons. The van der Waals surface area contributed by atoms with Crippen molar-refractivity contribution < 1.29 is 23.9 Å². The summed E-state index contributed by atoms with van der Waals surface area (Å²) in [6, 6.07) is 13.0. The Labute approximate surface area is 220 Å². The van der Waals surface area contributed by atoms with Crippen molar-refractivity contribution in [1.82, 2.24) is 4.57 Å². The van der Waals surface area contributed by atoms with Crippen LogP contribution in [-0.4, -0.2) is 34.8 Å². The molecule has 0 aliphatic rings. The monoisotopic (exact) mass is 505 g/mol. The Morgan fingerprint density at radius 1 is 0.946 bits per heavy atom. The summed E-state index contributed by atoms with van der Waals surface area (Å²) >= 11 is 0. The van der Waals surface area contributed by atoms with Gasteiger partial charge in [0.2, 0.25) is 0 Å². The number of benzene rings is 2. The predicted octanol–water partition coefficient (Wildman–Crippen LogP) is 6.96. The molecule has 0 atom stereocenters. The van der Waals surface area contributed by atoms with Crippen LogP contribution in [0.4, 0.5) is 0 Å². The average molecular weight is 506 g/mol. The summed E-state index contributed by atoms with van der Waals surface area (Å²) in [6.07, 6.45) is 11.1. The van der Waals surface area contributed by atoms with E-state index in [1.54, 1.807) is 49.7 Å². The zero-order valence-electron chi connectivity index (χ0n) is 22.5. The molecule has 3 rings (SSSR count). The Morgan fingerprint density at radius 3 is 2.32 bits per heavy atom. The molecule has 1 heterocycles. The van der Waals surface area contributed by atoms with E-state index < -0.39 is 11.6 Å². The number of nitrogens with zero attached hydrogens (tertiary/aromatic N) is 1. The van der Waals surface area contributed by atoms with Crippen molar-refractivity contribution in [1.29, 1.82) is 0 Å². The molecule has 3 aromatic rings. The van der Waals surface area contributed by atoms with Crippen LogP contribution in [-0.2, 0) is 22.5 Å². The van der Waals surface area contributed by atoms with Crippen LogP contribution in [0.1, 0.15) is 92.5 Å². The molecular formula is C31H39NO5. The molecular weight excluding hydrogens is 466 g/mol. The molecule has 0 radical (unpaired) electrons. The molecule has 0 spiro atoms. The van der Waals surface area contributed by atoms with E-state index >= 15 is 0 Å². The molecule has 0 fully saturated rings. The minimum absolute atomic E-state index is 0.0617. The molecule has 0 saturated heterocycles. The van der Waals surface area contributed by atoms with Gasteiger partial charge in [-0.15, -0.1) is 0 Å². The van der Waals surface area contributed by atoms with Crippen molar-refractivity contribution in [2.24, 2.45) is 0 Å². The number of unbranched alkanes of at least 4 members (excludes halogenated alkanes) is 5. The number of fused-ring (bicyclic) bond motifs is 1. The number of hydrogen-bond acceptors (Lipinski definition) is 5. The van der Waals surface area contributed by atoms with Crippen molar-refractivity contribution in [3.05, 3.63) is 65.4 Å². The van der Waals surface area contributed by atoms with Crippen molar-refractivity contribution in [3.8, 4) is 5.75 Å². The normalized spacial score (nSPS) is 11.5. The van der Waals surface area contributed by atoms with Gasteiger partial charge >= 0.3 is 5.97 Å². The number of rotatable bonds is 14. The van der Waals surface area contributed by atoms with Crippen LogP contribution in [0.5, 0.6) is 5.75 Å². The second kappa shape index (κ2) is 13.2. The van der Waals surface area contributed by atoms with Gasteiger partial charge in [-0.2, -0.15) is 0 Å². The first-order chi connectivity index (χ1) is 17.7. The maximum atomic E-state index is 12.7. The van der Waals surface area contributed by atoms with Crippen molar-refractivity contribution in [3.63, 3.8) is 0 Å². The van der Waals surface area contributed by atoms with Gasteiger partial charge in [0.15, 0.2) is 12.1 Å². The van der Waals surface area contributed by atoms with Crippen LogP contribution < -0.4 is 4.74 Å². The van der Waals surface area contributed by atoms with Crippen LogP contribution >= 0.6 is 0 Å². The highest BCUT2D eigenvalue weighted by Crippen LogP contribution is 2.24. The lowest BCUT2D eigenvalue weighted by Gasteiger charge is -2.19. The van der Waals surface area contributed by atoms with E-state index in [9.17, 15) is 14.4 Å². The smallest absolute Gasteiger partial charge is 0.338 e. The zero-order chi connectivity index (χ0) is 26.8. The minimum Gasteiger partial charge on any atom is -0.486 e. The SMILES string of the molecule is CCCCCCCCc1ccc(OCC(=O)Cn2cc(C=O)c3cc(C(=O)OC(C)(C)C)ccc32)cc1. The number of carbonyl (C=O) groups is 3. The van der Waals surface area contributed by atoms with Gasteiger partial charge in [0.05, 0.1) is 12.1 Å². The van der Waals surface area contributed by atoms with Crippen molar-refractivity contribution in [2.45, 2.75) is 84.8 Å². The van der Waals surface area contributed by atoms with Crippen LogP contribution in [0, 0.1) is 0 Å². The molecule has 0 amide bonds. The topological polar surface area (TPSA) is 74.6 Å². The summed E-state index contributed by atoms with van der Waals surface area (Å²) < 4.78 is 12.9. The van der Waals surface area contributed by atoms with Gasteiger partial charge in [-0.05, 0) is 69.5 Å². The highest BCUT2D eigenvalue weighted by atomic mass is 16.6. The molecule has 0 unspecified atom stereocenters. The Bertz CT molecular complexity index is 1200. The van der Waals surface area contributed by atoms with Gasteiger partial charge < -0.3 is 14.0 Å². The van der Waals surface area contributed by atoms with Gasteiger partial charge in [-0.3, -0.25) is 9.59 Å². The summed E-state index contributed by atoms with van der Waals surface area (Å²) in [5, 5.41) is 0.605. The largest absolute Gasteiger partial charge is 0.486 e. The molecule has 1 aromatic heterocycles. The number of hydrogen-bond donors (Lipinski definition) is 0. The Balaban J connectivity index is 1.55. The number of carbonyl (C=O) groups excluding carboxylic acids is 3. The summed E-state index contributed by atoms with van der Waals surface area (Å²) in [5.74, 6) is 0.0798. The first-order valence-electron chi connectivity index (χ1n) is 13.2. The lowest BCUT2D eigenvalue weighted by atomic mass is 10.0. The number of ether oxygens (including phenoxy) is 2. The van der Waals surface area contributed by atoms with E-state index in [2.05, 4.69) is 19.1 Å². The maximum absolute atomic E-state index is 12.7. The average Bonchev–Trinajstić information content (AvgIpc) is 3.21. The van der Waals surface area contributed by atoms with E-state index in [4.69, 9.17) is 9.47 Å². The molecule has 0 saturated carbocycles. The van der Waals surface area contributed by atoms with Gasteiger partial charge in [-0.25, -0.2) is 4.79 Å². The lowest BCUT2D eigenvalue weighted by Crippen LogP contribution is -2.23. The third-order valence-electron chi connectivity index (χ3n) is 6.16. The summed E-state index contributed by atoms with van der Waals surface area (Å²) in [5.41, 5.74) is 2.13. The highest BCUT2D eigenvalue weighted by Gasteiger charge is 2.20. The second-order valence-corrected chi connectivity index (χ2v) is 10.6. The lowest BCUT2D eigenvalue weighted by molar-refractivity contribution is -0.121. The van der Waals surface area contributed by atoms with Gasteiger partial charge in [0, 0.05) is 22.7 Å². The zero-order valence-corrected chi connectivity index (χ0v) is 22.5. The predicted molar refractivity (Wildman–Crippen MR) is 147 cm³/mol. The highest BCUT2D eigenvalue weighted by molar-refractivity contribution is 6.02. The summed E-state index contributed by atoms with van der Waals surface area (Å²) in [6.45, 7) is 7.63. The fraction of sp³-hybridized carbons (Fsp3) is 0.452. The molecule has 6 nitrogen and oxygen atoms in total. The standard InChI is InChI=1S/C31H39NO5/c1-5-6-7-8-9-10-11-23-12-15-27(16-13-23)36-22-26(34)20-32-19-25(21-33)28-18-24(14-17-29(28)32)30(35)37-31(2,3)4/h12-19,21H,5-11,20,22H2,1-4H3. The number of aryl methyl sites for hydroxylation is 1. The number of aldehydes is 1. The Morgan fingerprint density at radius 2 is 1.65 bits per heavy atom. The third-order valence-corrected chi connectivity index (χ3v) is 6.16. The molecule has 0 N–H and O–H groups in total. The fourth-order valence-electron chi connectivity index (χ4n) is 4.27. The summed E-state index contributed by atoms with van der Waals surface area (Å²) in [7, 11) is 0. The Hall–Kier alpha value is -3.41. The molecule has 37 heavy (non-hydrogen) atoms. The van der Waals surface area contributed by atoms with Crippen LogP contribution in [0.3, 0.4) is 0 Å². The van der Waals surface area contributed by atoms with Crippen LogP contribution in [0.15, 0.2) is 48.7 Å². The van der Waals surface area contributed by atoms with Crippen molar-refractivity contribution in [2.75, 3.05) is 6.61 Å². The molecule has 0 bridgehead atoms. The number of ketones is 1. The third kappa shape index (κ3) is 8.59. The van der Waals surface area contributed by atoms with Crippen LogP contribution in [0.25, 0.3) is 10.9 Å². The number of esters is 1.